The van der Waals surface area contributed by atoms with Crippen molar-refractivity contribution in [2.75, 3.05) is 167 Å². The number of Topliss-reactive ketones (excluding diaryl/α,β-unsaturated/α-hetero) is 1. The van der Waals surface area contributed by atoms with Crippen LogP contribution in [0, 0.1) is 5.41 Å². The van der Waals surface area contributed by atoms with Gasteiger partial charge in [-0.3, -0.25) is 14.4 Å². The van der Waals surface area contributed by atoms with Gasteiger partial charge in [0.2, 0.25) is 0 Å². The topological polar surface area (TPSA) is 203 Å². The van der Waals surface area contributed by atoms with E-state index in [0.717, 1.165) is 44.4 Å². The Morgan fingerprint density at radius 1 is 0.592 bits per heavy atom. The van der Waals surface area contributed by atoms with Gasteiger partial charge >= 0.3 is 6.03 Å². The van der Waals surface area contributed by atoms with Gasteiger partial charge in [-0.15, -0.1) is 0 Å². The fourth-order valence-electron chi connectivity index (χ4n) is 7.63. The fraction of sp³-hybridized carbons (Fsp3) is 0.692. The summed E-state index contributed by atoms with van der Waals surface area (Å²) in [5.41, 5.74) is 1.62. The van der Waals surface area contributed by atoms with Crippen LogP contribution in [-0.4, -0.2) is 187 Å². The lowest BCUT2D eigenvalue weighted by atomic mass is 9.90. The first-order valence-electron chi connectivity index (χ1n) is 25.5. The van der Waals surface area contributed by atoms with Crippen LogP contribution in [0.5, 0.6) is 0 Å². The van der Waals surface area contributed by atoms with E-state index in [-0.39, 0.29) is 49.9 Å². The van der Waals surface area contributed by atoms with Crippen LogP contribution in [0.15, 0.2) is 48.5 Å². The largest absolute Gasteiger partial charge is 0.379 e. The van der Waals surface area contributed by atoms with Gasteiger partial charge in [-0.05, 0) is 49.6 Å². The summed E-state index contributed by atoms with van der Waals surface area (Å²) < 4.78 is 55.0. The van der Waals surface area contributed by atoms with Crippen LogP contribution >= 0.6 is 0 Å². The number of ketones is 1. The summed E-state index contributed by atoms with van der Waals surface area (Å²) in [6, 6.07) is 12.9. The minimum absolute atomic E-state index is 0.0845. The second-order valence-electron chi connectivity index (χ2n) is 18.1. The number of anilines is 3. The smallest absolute Gasteiger partial charge is 0.319 e. The zero-order valence-corrected chi connectivity index (χ0v) is 42.9. The summed E-state index contributed by atoms with van der Waals surface area (Å²) in [4.78, 5) is 57.9. The van der Waals surface area contributed by atoms with E-state index in [0.29, 0.717) is 136 Å². The third kappa shape index (κ3) is 24.3. The lowest BCUT2D eigenvalue weighted by Crippen LogP contribution is -2.55. The predicted molar refractivity (Wildman–Crippen MR) is 271 cm³/mol. The highest BCUT2D eigenvalue weighted by molar-refractivity contribution is 6.08. The first kappa shape index (κ1) is 59.3. The van der Waals surface area contributed by atoms with Crippen LogP contribution in [0.25, 0.3) is 0 Å². The Balaban J connectivity index is 0.990. The van der Waals surface area contributed by atoms with Crippen molar-refractivity contribution in [1.82, 2.24) is 10.6 Å². The standard InChI is InChI=1S/C52H83N5O14/c1-5-19-62-21-23-64-25-27-66-29-31-68-33-35-70-37-38-71-36-34-69-32-30-67-28-26-65-24-22-63-20-18-53-49(59)42-12-11-13-43(39-42)54-51(61)55-45-40-56(44-14-7-6-8-15-44)46-16-9-10-17-47(46)57(50(45)60)41-48(58)52(2,3)4/h9-13,16-17,39,44-45H,5-8,14-15,18-38,40-41H2,1-4H3,(H,53,59)(H2,54,55,61)/t45-/m1/s1. The van der Waals surface area contributed by atoms with Gasteiger partial charge in [-0.2, -0.15) is 0 Å². The molecule has 4 amide bonds. The van der Waals surface area contributed by atoms with Gasteiger partial charge in [0.05, 0.1) is 143 Å². The molecule has 2 aliphatic rings. The molecule has 1 aliphatic heterocycles. The lowest BCUT2D eigenvalue weighted by Gasteiger charge is -2.37. The summed E-state index contributed by atoms with van der Waals surface area (Å²) in [5.74, 6) is -0.767. The average Bonchev–Trinajstić information content (AvgIpc) is 3.47. The number of fused-ring (bicyclic) bond motifs is 1. The van der Waals surface area contributed by atoms with Crippen molar-refractivity contribution in [2.24, 2.45) is 5.41 Å². The van der Waals surface area contributed by atoms with Gasteiger partial charge in [0.15, 0.2) is 5.78 Å². The van der Waals surface area contributed by atoms with Crippen molar-refractivity contribution in [1.29, 1.82) is 0 Å². The number of benzene rings is 2. The highest BCUT2D eigenvalue weighted by Crippen LogP contribution is 2.37. The number of amides is 4. The van der Waals surface area contributed by atoms with Gasteiger partial charge in [0.1, 0.15) is 6.04 Å². The van der Waals surface area contributed by atoms with E-state index in [1.54, 1.807) is 24.3 Å². The Morgan fingerprint density at radius 2 is 1.06 bits per heavy atom. The summed E-state index contributed by atoms with van der Waals surface area (Å²) >= 11 is 0. The molecule has 0 unspecified atom stereocenters. The molecular weight excluding hydrogens is 919 g/mol. The number of hydrogen-bond donors (Lipinski definition) is 3. The van der Waals surface area contributed by atoms with E-state index in [4.69, 9.17) is 47.4 Å². The molecule has 19 nitrogen and oxygen atoms in total. The first-order chi connectivity index (χ1) is 34.6. The Hall–Kier alpha value is -4.28. The molecule has 19 heteroatoms. The van der Waals surface area contributed by atoms with Crippen LogP contribution in [0.4, 0.5) is 21.9 Å². The second-order valence-corrected chi connectivity index (χ2v) is 18.1. The van der Waals surface area contributed by atoms with E-state index < -0.39 is 17.5 Å². The van der Waals surface area contributed by atoms with E-state index >= 15 is 0 Å². The Labute approximate surface area is 421 Å². The van der Waals surface area contributed by atoms with Crippen molar-refractivity contribution in [3.05, 3.63) is 54.1 Å². The van der Waals surface area contributed by atoms with E-state index in [9.17, 15) is 19.2 Å². The fourth-order valence-corrected chi connectivity index (χ4v) is 7.63. The van der Waals surface area contributed by atoms with Crippen LogP contribution in [-0.2, 0) is 57.0 Å². The molecule has 1 aliphatic carbocycles. The minimum atomic E-state index is -0.934. The minimum Gasteiger partial charge on any atom is -0.379 e. The number of nitrogens with one attached hydrogen (secondary N) is 3. The number of hydrogen-bond acceptors (Lipinski definition) is 15. The summed E-state index contributed by atoms with van der Waals surface area (Å²) in [5, 5.41) is 8.54. The highest BCUT2D eigenvalue weighted by atomic mass is 16.6. The molecule has 0 saturated heterocycles. The third-order valence-corrected chi connectivity index (χ3v) is 11.5. The van der Waals surface area contributed by atoms with Crippen molar-refractivity contribution >= 4 is 40.7 Å². The lowest BCUT2D eigenvalue weighted by molar-refractivity contribution is -0.127. The number of rotatable bonds is 38. The normalized spacial score (nSPS) is 15.4. The zero-order chi connectivity index (χ0) is 50.8. The molecule has 400 valence electrons. The van der Waals surface area contributed by atoms with Gasteiger partial charge in [-0.1, -0.05) is 65.2 Å². The molecule has 3 N–H and O–H groups in total. The Kier molecular flexibility index (Phi) is 29.9. The van der Waals surface area contributed by atoms with Crippen LogP contribution in [0.3, 0.4) is 0 Å². The average molecular weight is 1000 g/mol. The van der Waals surface area contributed by atoms with Gasteiger partial charge in [-0.25, -0.2) is 4.79 Å². The van der Waals surface area contributed by atoms with Crippen LogP contribution in [0.1, 0.15) is 76.6 Å². The molecule has 1 heterocycles. The van der Waals surface area contributed by atoms with Crippen molar-refractivity contribution in [3.8, 4) is 0 Å². The van der Waals surface area contributed by atoms with Crippen molar-refractivity contribution in [2.45, 2.75) is 78.3 Å². The summed E-state index contributed by atoms with van der Waals surface area (Å²) in [7, 11) is 0. The summed E-state index contributed by atoms with van der Waals surface area (Å²) in [6.07, 6.45) is 6.31. The quantitative estimate of drug-likeness (QED) is 0.0733. The Bertz CT molecular complexity index is 1800. The van der Waals surface area contributed by atoms with Gasteiger partial charge < -0.3 is 73.1 Å². The van der Waals surface area contributed by atoms with E-state index in [2.05, 4.69) is 27.8 Å². The molecule has 1 fully saturated rings. The van der Waals surface area contributed by atoms with Crippen molar-refractivity contribution in [3.63, 3.8) is 0 Å². The zero-order valence-electron chi connectivity index (χ0n) is 42.9. The number of nitrogens with zero attached hydrogens (tertiary/aromatic N) is 2. The van der Waals surface area contributed by atoms with E-state index in [1.165, 1.54) is 11.3 Å². The van der Waals surface area contributed by atoms with Crippen LogP contribution < -0.4 is 25.8 Å². The predicted octanol–water partition coefficient (Wildman–Crippen LogP) is 5.28. The monoisotopic (exact) mass is 1000 g/mol. The van der Waals surface area contributed by atoms with E-state index in [1.807, 2.05) is 45.0 Å². The van der Waals surface area contributed by atoms with Crippen molar-refractivity contribution < 1.29 is 66.5 Å². The molecule has 2 aromatic carbocycles. The molecule has 0 aromatic heterocycles. The molecule has 1 atom stereocenters. The molecule has 1 saturated carbocycles. The molecule has 0 radical (unpaired) electrons. The third-order valence-electron chi connectivity index (χ3n) is 11.5. The molecule has 71 heavy (non-hydrogen) atoms. The number of carbonyl (C=O) groups is 4. The number of carbonyl (C=O) groups excluding carboxylic acids is 4. The summed E-state index contributed by atoms with van der Waals surface area (Å²) in [6.45, 7) is 17.7. The second kappa shape index (κ2) is 35.8. The number of urea groups is 1. The maximum absolute atomic E-state index is 14.3. The van der Waals surface area contributed by atoms with Gasteiger partial charge in [0.25, 0.3) is 11.8 Å². The molecule has 0 spiro atoms. The number of ether oxygens (including phenoxy) is 10. The first-order valence-corrected chi connectivity index (χ1v) is 25.5. The maximum Gasteiger partial charge on any atom is 0.319 e. The van der Waals surface area contributed by atoms with Gasteiger partial charge in [0, 0.05) is 42.4 Å². The molecule has 2 aromatic rings. The van der Waals surface area contributed by atoms with Crippen LogP contribution in [0.2, 0.25) is 0 Å². The molecule has 4 rings (SSSR count). The SMILES string of the molecule is CCCOCCOCCOCCOCCOCCOCCOCCOCCOCCOCCNC(=O)c1cccc(NC(=O)N[C@@H]2CN(C3CCCCC3)c3ccccc3N(CC(=O)C(C)(C)C)C2=O)c1. The molecular formula is C52H83N5O14. The maximum atomic E-state index is 14.3. The number of para-hydroxylation sites is 2. The molecule has 0 bridgehead atoms. The Morgan fingerprint density at radius 3 is 1.54 bits per heavy atom. The highest BCUT2D eigenvalue weighted by Gasteiger charge is 2.39.